The summed E-state index contributed by atoms with van der Waals surface area (Å²) in [6.07, 6.45) is -0.0893. The summed E-state index contributed by atoms with van der Waals surface area (Å²) in [4.78, 5) is 0. The summed E-state index contributed by atoms with van der Waals surface area (Å²) in [5, 5.41) is 0. The van der Waals surface area contributed by atoms with Gasteiger partial charge in [-0.25, -0.2) is 8.78 Å². The van der Waals surface area contributed by atoms with E-state index in [2.05, 4.69) is 30.8 Å². The molecule has 162 valence electrons. The van der Waals surface area contributed by atoms with Crippen molar-refractivity contribution in [3.05, 3.63) is 150 Å². The average molecular weight is 427 g/mol. The van der Waals surface area contributed by atoms with Crippen molar-refractivity contribution >= 4 is 5.57 Å². The largest absolute Gasteiger partial charge is 0.263 e. The van der Waals surface area contributed by atoms with Crippen molar-refractivity contribution in [2.24, 2.45) is 0 Å². The predicted octanol–water partition coefficient (Wildman–Crippen LogP) is 8.40. The van der Waals surface area contributed by atoms with Crippen molar-refractivity contribution in [2.45, 2.75) is 25.2 Å². The molecular formula is C30H28F2. The lowest BCUT2D eigenvalue weighted by Gasteiger charge is -2.17. The molecule has 1 fully saturated rings. The SMILES string of the molecule is C.C=C(c1ccccc1)c1ccccc1.FC1(F)CC1(c1ccccc1)c1ccccc1. The van der Waals surface area contributed by atoms with Gasteiger partial charge in [-0.1, -0.05) is 135 Å². The molecule has 0 nitrogen and oxygen atoms in total. The van der Waals surface area contributed by atoms with Crippen molar-refractivity contribution < 1.29 is 8.78 Å². The molecule has 5 rings (SSSR count). The second-order valence-electron chi connectivity index (χ2n) is 7.73. The van der Waals surface area contributed by atoms with Gasteiger partial charge in [-0.15, -0.1) is 0 Å². The fourth-order valence-electron chi connectivity index (χ4n) is 3.97. The van der Waals surface area contributed by atoms with Crippen LogP contribution in [0.15, 0.2) is 128 Å². The van der Waals surface area contributed by atoms with Crippen molar-refractivity contribution in [3.8, 4) is 0 Å². The van der Waals surface area contributed by atoms with Crippen LogP contribution in [0, 0.1) is 0 Å². The minimum Gasteiger partial charge on any atom is -0.205 e. The second-order valence-corrected chi connectivity index (χ2v) is 7.73. The van der Waals surface area contributed by atoms with Gasteiger partial charge < -0.3 is 0 Å². The highest BCUT2D eigenvalue weighted by atomic mass is 19.3. The monoisotopic (exact) mass is 426 g/mol. The molecule has 0 aliphatic heterocycles. The Morgan fingerprint density at radius 2 is 0.844 bits per heavy atom. The first-order chi connectivity index (χ1) is 15.0. The van der Waals surface area contributed by atoms with E-state index in [1.54, 1.807) is 24.3 Å². The van der Waals surface area contributed by atoms with Gasteiger partial charge in [0.15, 0.2) is 0 Å². The molecule has 4 aromatic carbocycles. The lowest BCUT2D eigenvalue weighted by atomic mass is 9.87. The van der Waals surface area contributed by atoms with E-state index < -0.39 is 11.3 Å². The van der Waals surface area contributed by atoms with Crippen molar-refractivity contribution in [3.63, 3.8) is 0 Å². The Hall–Kier alpha value is -3.52. The van der Waals surface area contributed by atoms with E-state index >= 15 is 0 Å². The lowest BCUT2D eigenvalue weighted by molar-refractivity contribution is 0.0966. The van der Waals surface area contributed by atoms with Crippen LogP contribution in [0.25, 0.3) is 5.57 Å². The summed E-state index contributed by atoms with van der Waals surface area (Å²) in [6, 6.07) is 38.6. The summed E-state index contributed by atoms with van der Waals surface area (Å²) in [5.41, 5.74) is 3.74. The van der Waals surface area contributed by atoms with Crippen molar-refractivity contribution in [1.29, 1.82) is 0 Å². The van der Waals surface area contributed by atoms with Gasteiger partial charge in [0, 0.05) is 6.42 Å². The minimum absolute atomic E-state index is 0. The summed E-state index contributed by atoms with van der Waals surface area (Å²) in [6.45, 7) is 4.10. The Morgan fingerprint density at radius 1 is 0.562 bits per heavy atom. The third kappa shape index (κ3) is 4.55. The predicted molar refractivity (Wildman–Crippen MR) is 131 cm³/mol. The third-order valence-electron chi connectivity index (χ3n) is 5.76. The van der Waals surface area contributed by atoms with Crippen molar-refractivity contribution in [2.75, 3.05) is 0 Å². The van der Waals surface area contributed by atoms with E-state index in [0.29, 0.717) is 11.1 Å². The first-order valence-corrected chi connectivity index (χ1v) is 10.3. The molecule has 2 heteroatoms. The summed E-state index contributed by atoms with van der Waals surface area (Å²) < 4.78 is 27.6. The summed E-state index contributed by atoms with van der Waals surface area (Å²) in [7, 11) is 0. The van der Waals surface area contributed by atoms with E-state index in [9.17, 15) is 8.78 Å². The van der Waals surface area contributed by atoms with E-state index in [4.69, 9.17) is 0 Å². The first-order valence-electron chi connectivity index (χ1n) is 10.3. The van der Waals surface area contributed by atoms with Gasteiger partial charge in [0.1, 0.15) is 0 Å². The maximum Gasteiger partial charge on any atom is 0.263 e. The average Bonchev–Trinajstić information content (AvgIpc) is 3.44. The maximum absolute atomic E-state index is 13.8. The van der Waals surface area contributed by atoms with Gasteiger partial charge in [-0.3, -0.25) is 0 Å². The molecule has 4 aromatic rings. The molecule has 1 aliphatic rings. The van der Waals surface area contributed by atoms with Gasteiger partial charge >= 0.3 is 0 Å². The molecule has 0 spiro atoms. The zero-order valence-corrected chi connectivity index (χ0v) is 17.2. The Kier molecular flexibility index (Phi) is 7.05. The highest BCUT2D eigenvalue weighted by molar-refractivity contribution is 5.77. The van der Waals surface area contributed by atoms with E-state index in [1.165, 1.54) is 11.1 Å². The van der Waals surface area contributed by atoms with Crippen LogP contribution in [0.3, 0.4) is 0 Å². The van der Waals surface area contributed by atoms with Gasteiger partial charge in [0.2, 0.25) is 0 Å². The highest BCUT2D eigenvalue weighted by Gasteiger charge is 2.72. The molecule has 0 N–H and O–H groups in total. The van der Waals surface area contributed by atoms with Gasteiger partial charge in [0.05, 0.1) is 5.41 Å². The molecule has 0 amide bonds. The van der Waals surface area contributed by atoms with Crippen LogP contribution in [-0.4, -0.2) is 5.92 Å². The number of hydrogen-bond acceptors (Lipinski definition) is 0. The van der Waals surface area contributed by atoms with Gasteiger partial charge in [-0.2, -0.15) is 0 Å². The fourth-order valence-corrected chi connectivity index (χ4v) is 3.97. The van der Waals surface area contributed by atoms with Crippen LogP contribution in [0.5, 0.6) is 0 Å². The molecule has 32 heavy (non-hydrogen) atoms. The van der Waals surface area contributed by atoms with E-state index in [0.717, 1.165) is 5.57 Å². The zero-order chi connectivity index (χ0) is 21.7. The molecule has 0 radical (unpaired) electrons. The van der Waals surface area contributed by atoms with Gasteiger partial charge in [-0.05, 0) is 27.8 Å². The number of hydrogen-bond donors (Lipinski definition) is 0. The maximum atomic E-state index is 13.8. The molecule has 0 unspecified atom stereocenters. The molecule has 1 aliphatic carbocycles. The first kappa shape index (κ1) is 23.1. The van der Waals surface area contributed by atoms with Crippen LogP contribution < -0.4 is 0 Å². The highest BCUT2D eigenvalue weighted by Crippen LogP contribution is 2.65. The standard InChI is InChI=1S/C15H12F2.C14H12.CH4/c16-15(17)11-14(15,12-7-3-1-4-8-12)13-9-5-2-6-10-13;1-12(13-8-4-2-5-9-13)14-10-6-3-7-11-14;/h1-10H,11H2;2-11H,1H2;1H4. The van der Waals surface area contributed by atoms with E-state index in [-0.39, 0.29) is 13.8 Å². The molecule has 0 heterocycles. The number of rotatable bonds is 4. The fraction of sp³-hybridized carbons (Fsp3) is 0.133. The quantitative estimate of drug-likeness (QED) is 0.307. The van der Waals surface area contributed by atoms with Crippen LogP contribution in [0.1, 0.15) is 36.1 Å². The van der Waals surface area contributed by atoms with Crippen molar-refractivity contribution in [1.82, 2.24) is 0 Å². The molecule has 1 saturated carbocycles. The van der Waals surface area contributed by atoms with Crippen LogP contribution in [-0.2, 0) is 5.41 Å². The second kappa shape index (κ2) is 9.74. The van der Waals surface area contributed by atoms with E-state index in [1.807, 2.05) is 72.8 Å². The molecule has 0 atom stereocenters. The number of halogens is 2. The minimum atomic E-state index is -2.63. The summed E-state index contributed by atoms with van der Waals surface area (Å²) in [5.74, 6) is -2.63. The van der Waals surface area contributed by atoms with Gasteiger partial charge in [0.25, 0.3) is 5.92 Å². The number of benzene rings is 4. The number of alkyl halides is 2. The topological polar surface area (TPSA) is 0 Å². The zero-order valence-electron chi connectivity index (χ0n) is 17.2. The van der Waals surface area contributed by atoms with Crippen LogP contribution in [0.4, 0.5) is 8.78 Å². The van der Waals surface area contributed by atoms with Crippen LogP contribution >= 0.6 is 0 Å². The third-order valence-corrected chi connectivity index (χ3v) is 5.76. The van der Waals surface area contributed by atoms with Crippen LogP contribution in [0.2, 0.25) is 0 Å². The Morgan fingerprint density at radius 3 is 1.12 bits per heavy atom. The lowest BCUT2D eigenvalue weighted by Crippen LogP contribution is -2.17. The Bertz CT molecular complexity index is 1040. The normalized spacial score (nSPS) is 14.8. The Balaban J connectivity index is 0.000000178. The molecule has 0 aromatic heterocycles. The molecule has 0 saturated heterocycles. The molecular weight excluding hydrogens is 398 g/mol. The Labute approximate surface area is 189 Å². The smallest absolute Gasteiger partial charge is 0.205 e. The summed E-state index contributed by atoms with van der Waals surface area (Å²) >= 11 is 0. The molecule has 0 bridgehead atoms.